The van der Waals surface area contributed by atoms with Gasteiger partial charge in [-0.15, -0.1) is 12.3 Å². The van der Waals surface area contributed by atoms with Crippen LogP contribution in [0, 0.1) is 12.3 Å². The van der Waals surface area contributed by atoms with Crippen molar-refractivity contribution >= 4 is 72.6 Å². The maximum Gasteiger partial charge on any atom is 0.260 e. The Bertz CT molecular complexity index is 1640. The number of terminal acetylenes is 1. The highest BCUT2D eigenvalue weighted by Gasteiger charge is 2.52. The number of amides is 2. The molecule has 0 N–H and O–H groups in total. The fourth-order valence-electron chi connectivity index (χ4n) is 5.26. The fourth-order valence-corrected chi connectivity index (χ4v) is 7.65. The topological polar surface area (TPSA) is 95.8 Å². The van der Waals surface area contributed by atoms with Gasteiger partial charge in [0.15, 0.2) is 5.03 Å². The van der Waals surface area contributed by atoms with E-state index in [2.05, 4.69) is 26.8 Å². The van der Waals surface area contributed by atoms with E-state index in [1.54, 1.807) is 30.0 Å². The van der Waals surface area contributed by atoms with E-state index in [4.69, 9.17) is 29.6 Å². The highest BCUT2D eigenvalue weighted by atomic mass is 79.9. The molecule has 0 bridgehead atoms. The number of nitrogens with zero attached hydrogens (tertiary/aromatic N) is 5. The number of carbonyl (C=O) groups excluding carboxylic acids is 2. The van der Waals surface area contributed by atoms with Crippen LogP contribution in [0.1, 0.15) is 25.3 Å². The first-order valence-corrected chi connectivity index (χ1v) is 15.8. The maximum atomic E-state index is 14.2. The number of hydrogen-bond acceptors (Lipinski definition) is 5. The standard InChI is InChI=1S/C28H26BrCl2N5O4S/c1-3-4-5-24(37)33-10-12-34(13-11-33)41(39,40)25-18-32-27-35(23-15-21(30)14-22(31)16-23)26(38)28(2,36(25)27)17-19-6-8-20(29)9-7-19/h1,6-9,14-16,18H,4-5,10-13,17H2,2H3/t28-/m1/s1. The van der Waals surface area contributed by atoms with Crippen LogP contribution in [0.25, 0.3) is 0 Å². The third-order valence-electron chi connectivity index (χ3n) is 7.31. The van der Waals surface area contributed by atoms with Gasteiger partial charge in [-0.05, 0) is 42.8 Å². The van der Waals surface area contributed by atoms with E-state index in [0.717, 1.165) is 10.0 Å². The molecule has 0 spiro atoms. The van der Waals surface area contributed by atoms with Crippen LogP contribution in [-0.4, -0.2) is 65.2 Å². The van der Waals surface area contributed by atoms with Crippen LogP contribution in [0.5, 0.6) is 0 Å². The minimum absolute atomic E-state index is 0.103. The molecule has 2 aliphatic heterocycles. The second kappa shape index (κ2) is 11.4. The second-order valence-corrected chi connectivity index (χ2v) is 13.7. The summed E-state index contributed by atoms with van der Waals surface area (Å²) in [5, 5.41) is 0.535. The van der Waals surface area contributed by atoms with Gasteiger partial charge in [-0.2, -0.15) is 4.31 Å². The Kier molecular flexibility index (Phi) is 8.25. The molecule has 9 nitrogen and oxygen atoms in total. The number of carbonyl (C=O) groups is 2. The maximum absolute atomic E-state index is 14.2. The molecule has 41 heavy (non-hydrogen) atoms. The number of fused-ring (bicyclic) bond motifs is 1. The number of benzene rings is 2. The molecular formula is C28H26BrCl2N5O4S. The van der Waals surface area contributed by atoms with Crippen molar-refractivity contribution in [3.63, 3.8) is 0 Å². The summed E-state index contributed by atoms with van der Waals surface area (Å²) in [7, 11) is -4.10. The highest BCUT2D eigenvalue weighted by Crippen LogP contribution is 2.45. The van der Waals surface area contributed by atoms with Gasteiger partial charge in [0, 0.05) is 60.0 Å². The van der Waals surface area contributed by atoms with Crippen molar-refractivity contribution in [1.82, 2.24) is 18.8 Å². The molecule has 0 aliphatic carbocycles. The summed E-state index contributed by atoms with van der Waals surface area (Å²) >= 11 is 16.0. The molecule has 0 saturated carbocycles. The molecule has 1 atom stereocenters. The van der Waals surface area contributed by atoms with E-state index in [-0.39, 0.29) is 61.8 Å². The molecular weight excluding hydrogens is 653 g/mol. The van der Waals surface area contributed by atoms with Crippen molar-refractivity contribution < 1.29 is 18.0 Å². The van der Waals surface area contributed by atoms with Crippen LogP contribution in [0.15, 0.2) is 58.2 Å². The average Bonchev–Trinajstić information content (AvgIpc) is 3.46. The normalized spacial score (nSPS) is 19.3. The third-order valence-corrected chi connectivity index (χ3v) is 10.1. The van der Waals surface area contributed by atoms with Crippen molar-refractivity contribution in [3.8, 4) is 12.3 Å². The van der Waals surface area contributed by atoms with E-state index in [0.29, 0.717) is 22.2 Å². The van der Waals surface area contributed by atoms with Crippen LogP contribution in [0.2, 0.25) is 10.0 Å². The summed E-state index contributed by atoms with van der Waals surface area (Å²) in [6.45, 7) is 2.40. The largest absolute Gasteiger partial charge is 0.340 e. The van der Waals surface area contributed by atoms with Crippen LogP contribution >= 0.6 is 39.1 Å². The minimum atomic E-state index is -4.10. The number of imidazole rings is 1. The van der Waals surface area contributed by atoms with Crippen molar-refractivity contribution in [2.45, 2.75) is 36.8 Å². The number of rotatable bonds is 7. The summed E-state index contributed by atoms with van der Waals surface area (Å²) in [5.41, 5.74) is -0.136. The van der Waals surface area contributed by atoms with E-state index in [1.807, 2.05) is 24.3 Å². The Morgan fingerprint density at radius 3 is 2.34 bits per heavy atom. The molecule has 1 aromatic heterocycles. The van der Waals surface area contributed by atoms with Crippen LogP contribution in [-0.2, 0) is 31.6 Å². The molecule has 13 heteroatoms. The SMILES string of the molecule is C#CCCC(=O)N1CCN(S(=O)(=O)c2cnc3n2[C@](C)(Cc2ccc(Br)cc2)C(=O)N3c2cc(Cl)cc(Cl)c2)CC1. The summed E-state index contributed by atoms with van der Waals surface area (Å²) in [6, 6.07) is 12.2. The van der Waals surface area contributed by atoms with Crippen LogP contribution in [0.3, 0.4) is 0 Å². The highest BCUT2D eigenvalue weighted by molar-refractivity contribution is 9.10. The van der Waals surface area contributed by atoms with Crippen LogP contribution < -0.4 is 4.90 Å². The van der Waals surface area contributed by atoms with Crippen molar-refractivity contribution in [2.75, 3.05) is 31.1 Å². The molecule has 0 unspecified atom stereocenters. The Hall–Kier alpha value is -2.88. The Balaban J connectivity index is 1.55. The van der Waals surface area contributed by atoms with Gasteiger partial charge in [-0.25, -0.2) is 18.3 Å². The zero-order valence-electron chi connectivity index (χ0n) is 22.1. The summed E-state index contributed by atoms with van der Waals surface area (Å²) < 4.78 is 31.8. The summed E-state index contributed by atoms with van der Waals surface area (Å²) in [5.74, 6) is 2.13. The van der Waals surface area contributed by atoms with Gasteiger partial charge in [0.2, 0.25) is 11.9 Å². The minimum Gasteiger partial charge on any atom is -0.340 e. The van der Waals surface area contributed by atoms with Gasteiger partial charge >= 0.3 is 0 Å². The van der Waals surface area contributed by atoms with Gasteiger partial charge in [0.05, 0.1) is 11.9 Å². The molecule has 3 heterocycles. The van der Waals surface area contributed by atoms with Crippen molar-refractivity contribution in [3.05, 3.63) is 68.7 Å². The Morgan fingerprint density at radius 2 is 1.73 bits per heavy atom. The van der Waals surface area contributed by atoms with Gasteiger partial charge in [-0.3, -0.25) is 14.2 Å². The van der Waals surface area contributed by atoms with Crippen molar-refractivity contribution in [1.29, 1.82) is 0 Å². The smallest absolute Gasteiger partial charge is 0.260 e. The number of piperazine rings is 1. The number of sulfonamides is 1. The third kappa shape index (κ3) is 5.51. The molecule has 2 aromatic carbocycles. The summed E-state index contributed by atoms with van der Waals surface area (Å²) in [4.78, 5) is 34.0. The van der Waals surface area contributed by atoms with E-state index in [9.17, 15) is 18.0 Å². The molecule has 2 amide bonds. The lowest BCUT2D eigenvalue weighted by molar-refractivity contribution is -0.132. The number of anilines is 2. The first-order valence-electron chi connectivity index (χ1n) is 12.8. The second-order valence-electron chi connectivity index (χ2n) is 10.1. The van der Waals surface area contributed by atoms with Crippen LogP contribution in [0.4, 0.5) is 11.6 Å². The zero-order valence-corrected chi connectivity index (χ0v) is 26.0. The quantitative estimate of drug-likeness (QED) is 0.334. The molecule has 1 fully saturated rings. The lowest BCUT2D eigenvalue weighted by Gasteiger charge is -2.34. The molecule has 2 aliphatic rings. The fraction of sp³-hybridized carbons (Fsp3) is 0.321. The predicted molar refractivity (Wildman–Crippen MR) is 161 cm³/mol. The van der Waals surface area contributed by atoms with E-state index < -0.39 is 15.6 Å². The van der Waals surface area contributed by atoms with Gasteiger partial charge < -0.3 is 4.90 Å². The molecule has 214 valence electrons. The Labute approximate surface area is 257 Å². The first kappa shape index (κ1) is 29.6. The lowest BCUT2D eigenvalue weighted by atomic mass is 9.92. The van der Waals surface area contributed by atoms with E-state index in [1.165, 1.54) is 20.0 Å². The number of halogens is 3. The number of aromatic nitrogens is 2. The average molecular weight is 679 g/mol. The van der Waals surface area contributed by atoms with Gasteiger partial charge in [-0.1, -0.05) is 51.3 Å². The van der Waals surface area contributed by atoms with Gasteiger partial charge in [0.25, 0.3) is 15.9 Å². The lowest BCUT2D eigenvalue weighted by Crippen LogP contribution is -2.51. The molecule has 0 radical (unpaired) electrons. The van der Waals surface area contributed by atoms with E-state index >= 15 is 0 Å². The predicted octanol–water partition coefficient (Wildman–Crippen LogP) is 4.83. The number of hydrogen-bond donors (Lipinski definition) is 0. The first-order chi connectivity index (χ1) is 19.5. The Morgan fingerprint density at radius 1 is 1.10 bits per heavy atom. The zero-order chi connectivity index (χ0) is 29.5. The summed E-state index contributed by atoms with van der Waals surface area (Å²) in [6.07, 6.45) is 7.31. The van der Waals surface area contributed by atoms with Gasteiger partial charge in [0.1, 0.15) is 5.54 Å². The molecule has 1 saturated heterocycles. The molecule has 5 rings (SSSR count). The monoisotopic (exact) mass is 677 g/mol. The molecule has 3 aromatic rings. The van der Waals surface area contributed by atoms with Crippen molar-refractivity contribution in [2.24, 2.45) is 0 Å².